The molecule has 0 rings (SSSR count). The Morgan fingerprint density at radius 3 is 2.90 bits per heavy atom. The summed E-state index contributed by atoms with van der Waals surface area (Å²) in [4.78, 5) is 0. The maximum absolute atomic E-state index is 8.45. The van der Waals surface area contributed by atoms with Crippen LogP contribution in [-0.2, 0) is 4.74 Å². The molecule has 0 amide bonds. The molecule has 0 aliphatic carbocycles. The molecule has 0 bridgehead atoms. The van der Waals surface area contributed by atoms with Crippen molar-refractivity contribution in [2.24, 2.45) is 5.73 Å². The molecule has 0 saturated carbocycles. The first-order valence-electron chi connectivity index (χ1n) is 3.15. The van der Waals surface area contributed by atoms with Crippen LogP contribution >= 0.6 is 0 Å². The zero-order valence-electron chi connectivity index (χ0n) is 6.13. The highest BCUT2D eigenvalue weighted by atomic mass is 16.5. The summed E-state index contributed by atoms with van der Waals surface area (Å²) in [6.45, 7) is 2.46. The SMILES string of the molecule is CC#CCOC[C@@H](N)CO. The van der Waals surface area contributed by atoms with Gasteiger partial charge in [0, 0.05) is 0 Å². The minimum absolute atomic E-state index is 0.0421. The molecule has 0 aliphatic heterocycles. The van der Waals surface area contributed by atoms with Crippen LogP contribution in [0.15, 0.2) is 0 Å². The lowest BCUT2D eigenvalue weighted by atomic mass is 10.4. The van der Waals surface area contributed by atoms with E-state index in [0.29, 0.717) is 13.2 Å². The Morgan fingerprint density at radius 1 is 1.70 bits per heavy atom. The van der Waals surface area contributed by atoms with E-state index in [1.54, 1.807) is 6.92 Å². The van der Waals surface area contributed by atoms with Gasteiger partial charge in [0.2, 0.25) is 0 Å². The Morgan fingerprint density at radius 2 is 2.40 bits per heavy atom. The van der Waals surface area contributed by atoms with Crippen LogP contribution in [0.2, 0.25) is 0 Å². The van der Waals surface area contributed by atoms with Crippen LogP contribution in [0.5, 0.6) is 0 Å². The van der Waals surface area contributed by atoms with Gasteiger partial charge >= 0.3 is 0 Å². The van der Waals surface area contributed by atoms with Crippen molar-refractivity contribution in [3.63, 3.8) is 0 Å². The van der Waals surface area contributed by atoms with Gasteiger partial charge in [0.25, 0.3) is 0 Å². The van der Waals surface area contributed by atoms with Crippen LogP contribution in [0.25, 0.3) is 0 Å². The van der Waals surface area contributed by atoms with Crippen molar-refractivity contribution in [3.05, 3.63) is 0 Å². The van der Waals surface area contributed by atoms with E-state index in [-0.39, 0.29) is 12.6 Å². The van der Waals surface area contributed by atoms with Crippen LogP contribution in [-0.4, -0.2) is 31.0 Å². The van der Waals surface area contributed by atoms with E-state index in [1.807, 2.05) is 0 Å². The lowest BCUT2D eigenvalue weighted by Gasteiger charge is -2.05. The van der Waals surface area contributed by atoms with E-state index in [0.717, 1.165) is 0 Å². The van der Waals surface area contributed by atoms with Gasteiger partial charge < -0.3 is 15.6 Å². The van der Waals surface area contributed by atoms with Crippen molar-refractivity contribution in [1.82, 2.24) is 0 Å². The summed E-state index contributed by atoms with van der Waals surface area (Å²) in [5.41, 5.74) is 5.33. The fourth-order valence-electron chi connectivity index (χ4n) is 0.386. The molecule has 0 aromatic rings. The predicted octanol–water partition coefficient (Wildman–Crippen LogP) is -0.654. The van der Waals surface area contributed by atoms with Gasteiger partial charge in [-0.05, 0) is 6.92 Å². The van der Waals surface area contributed by atoms with E-state index in [1.165, 1.54) is 0 Å². The van der Waals surface area contributed by atoms with Gasteiger partial charge in [0.15, 0.2) is 0 Å². The third-order valence-corrected chi connectivity index (χ3v) is 0.917. The van der Waals surface area contributed by atoms with E-state index in [9.17, 15) is 0 Å². The summed E-state index contributed by atoms with van der Waals surface area (Å²) in [5.74, 6) is 5.40. The second kappa shape index (κ2) is 6.56. The van der Waals surface area contributed by atoms with Crippen LogP contribution in [0.1, 0.15) is 6.92 Å². The zero-order valence-corrected chi connectivity index (χ0v) is 6.13. The fourth-order valence-corrected chi connectivity index (χ4v) is 0.386. The van der Waals surface area contributed by atoms with Crippen LogP contribution in [0.4, 0.5) is 0 Å². The van der Waals surface area contributed by atoms with Gasteiger partial charge in [-0.25, -0.2) is 0 Å². The van der Waals surface area contributed by atoms with Gasteiger partial charge in [-0.1, -0.05) is 5.92 Å². The first-order chi connectivity index (χ1) is 4.81. The second-order valence-corrected chi connectivity index (χ2v) is 1.88. The Kier molecular flexibility index (Phi) is 6.19. The average Bonchev–Trinajstić information content (AvgIpc) is 1.98. The Balaban J connectivity index is 3.08. The van der Waals surface area contributed by atoms with E-state index >= 15 is 0 Å². The highest BCUT2D eigenvalue weighted by Crippen LogP contribution is 1.78. The van der Waals surface area contributed by atoms with Gasteiger partial charge in [-0.2, -0.15) is 0 Å². The quantitative estimate of drug-likeness (QED) is 0.406. The smallest absolute Gasteiger partial charge is 0.107 e. The van der Waals surface area contributed by atoms with E-state index < -0.39 is 0 Å². The summed E-state index contributed by atoms with van der Waals surface area (Å²) in [5, 5.41) is 8.45. The fraction of sp³-hybridized carbons (Fsp3) is 0.714. The topological polar surface area (TPSA) is 55.5 Å². The van der Waals surface area contributed by atoms with Crippen LogP contribution in [0.3, 0.4) is 0 Å². The number of aliphatic hydroxyl groups excluding tert-OH is 1. The molecule has 3 N–H and O–H groups in total. The number of rotatable bonds is 4. The molecule has 0 aromatic carbocycles. The molecule has 10 heavy (non-hydrogen) atoms. The number of ether oxygens (including phenoxy) is 1. The highest BCUT2D eigenvalue weighted by molar-refractivity contribution is 4.94. The first-order valence-corrected chi connectivity index (χ1v) is 3.15. The molecule has 0 fully saturated rings. The molecule has 1 atom stereocenters. The minimum Gasteiger partial charge on any atom is -0.395 e. The molecule has 0 heterocycles. The summed E-state index contributed by atoms with van der Waals surface area (Å²) >= 11 is 0. The Bertz CT molecular complexity index is 125. The lowest BCUT2D eigenvalue weighted by Crippen LogP contribution is -2.29. The standard InChI is InChI=1S/C7H13NO2/c1-2-3-4-10-6-7(8)5-9/h7,9H,4-6,8H2,1H3/t7-/m0/s1. The maximum Gasteiger partial charge on any atom is 0.107 e. The summed E-state index contributed by atoms with van der Waals surface area (Å²) in [6, 6.07) is -0.279. The molecule has 0 radical (unpaired) electrons. The number of hydrogen-bond donors (Lipinski definition) is 2. The van der Waals surface area contributed by atoms with Gasteiger partial charge in [-0.3, -0.25) is 0 Å². The van der Waals surface area contributed by atoms with Gasteiger partial charge in [-0.15, -0.1) is 5.92 Å². The lowest BCUT2D eigenvalue weighted by molar-refractivity contribution is 0.125. The molecule has 3 heteroatoms. The average molecular weight is 143 g/mol. The molecular weight excluding hydrogens is 130 g/mol. The molecule has 0 saturated heterocycles. The predicted molar refractivity (Wildman–Crippen MR) is 39.3 cm³/mol. The number of nitrogens with two attached hydrogens (primary N) is 1. The molecule has 0 aromatic heterocycles. The number of hydrogen-bond acceptors (Lipinski definition) is 3. The van der Waals surface area contributed by atoms with E-state index in [2.05, 4.69) is 11.8 Å². The second-order valence-electron chi connectivity index (χ2n) is 1.88. The monoisotopic (exact) mass is 143 g/mol. The molecule has 0 spiro atoms. The Labute approximate surface area is 61.2 Å². The summed E-state index contributed by atoms with van der Waals surface area (Å²) in [6.07, 6.45) is 0. The first kappa shape index (κ1) is 9.44. The molecule has 58 valence electrons. The summed E-state index contributed by atoms with van der Waals surface area (Å²) < 4.78 is 4.97. The third kappa shape index (κ3) is 5.57. The highest BCUT2D eigenvalue weighted by Gasteiger charge is 1.97. The van der Waals surface area contributed by atoms with Crippen molar-refractivity contribution in [1.29, 1.82) is 0 Å². The van der Waals surface area contributed by atoms with Crippen molar-refractivity contribution < 1.29 is 9.84 Å². The van der Waals surface area contributed by atoms with Crippen molar-refractivity contribution in [2.45, 2.75) is 13.0 Å². The molecule has 0 aliphatic rings. The number of aliphatic hydroxyl groups is 1. The third-order valence-electron chi connectivity index (χ3n) is 0.917. The largest absolute Gasteiger partial charge is 0.395 e. The normalized spacial score (nSPS) is 11.9. The van der Waals surface area contributed by atoms with Crippen molar-refractivity contribution >= 4 is 0 Å². The zero-order chi connectivity index (χ0) is 7.82. The maximum atomic E-state index is 8.45. The molecular formula is C7H13NO2. The van der Waals surface area contributed by atoms with Crippen LogP contribution < -0.4 is 5.73 Å². The van der Waals surface area contributed by atoms with Gasteiger partial charge in [0.05, 0.1) is 19.3 Å². The van der Waals surface area contributed by atoms with Crippen molar-refractivity contribution in [2.75, 3.05) is 19.8 Å². The molecule has 3 nitrogen and oxygen atoms in total. The summed E-state index contributed by atoms with van der Waals surface area (Å²) in [7, 11) is 0. The minimum atomic E-state index is -0.279. The van der Waals surface area contributed by atoms with Gasteiger partial charge in [0.1, 0.15) is 6.61 Å². The van der Waals surface area contributed by atoms with E-state index in [4.69, 9.17) is 15.6 Å². The molecule has 0 unspecified atom stereocenters. The van der Waals surface area contributed by atoms with Crippen LogP contribution in [0, 0.1) is 11.8 Å². The Hall–Kier alpha value is -0.560. The van der Waals surface area contributed by atoms with Crippen molar-refractivity contribution in [3.8, 4) is 11.8 Å².